The molecule has 1 aromatic heterocycles. The van der Waals surface area contributed by atoms with E-state index in [1.54, 1.807) is 6.07 Å². The molecule has 0 saturated heterocycles. The molecule has 5 heteroatoms. The third-order valence-corrected chi connectivity index (χ3v) is 8.88. The standard InChI is InChI=1S/C30H37N3O2/c1-3-31(4-2)25-15-16-32-17-18-33-26-19-21(30(34)35)13-14-22(26)27(20-9-6-5-7-10-20)29(33)24-12-8-11-23(25)28(24)32/h8,11-14,19-20,25H,3-7,9-10,15-18H2,1-2H3,(H,34,35)/t25-/m1/s1. The summed E-state index contributed by atoms with van der Waals surface area (Å²) < 4.78 is 2.46. The predicted molar refractivity (Wildman–Crippen MR) is 143 cm³/mol. The molecule has 3 heterocycles. The van der Waals surface area contributed by atoms with Crippen molar-refractivity contribution in [1.82, 2.24) is 9.47 Å². The number of aromatic nitrogens is 1. The lowest BCUT2D eigenvalue weighted by Gasteiger charge is -2.40. The van der Waals surface area contributed by atoms with E-state index in [2.05, 4.69) is 52.5 Å². The number of nitrogens with zero attached hydrogens (tertiary/aromatic N) is 3. The second-order valence-corrected chi connectivity index (χ2v) is 10.5. The van der Waals surface area contributed by atoms with Crippen molar-refractivity contribution < 1.29 is 9.90 Å². The average Bonchev–Trinajstić information content (AvgIpc) is 3.12. The molecule has 3 aliphatic rings. The van der Waals surface area contributed by atoms with Crippen LogP contribution in [0.3, 0.4) is 0 Å². The topological polar surface area (TPSA) is 48.7 Å². The van der Waals surface area contributed by atoms with Crippen LogP contribution in [0.2, 0.25) is 0 Å². The van der Waals surface area contributed by atoms with E-state index in [-0.39, 0.29) is 0 Å². The van der Waals surface area contributed by atoms with E-state index in [4.69, 9.17) is 0 Å². The van der Waals surface area contributed by atoms with E-state index in [1.165, 1.54) is 65.6 Å². The van der Waals surface area contributed by atoms with Gasteiger partial charge in [-0.15, -0.1) is 0 Å². The Bertz CT molecular complexity index is 1270. The Balaban J connectivity index is 1.63. The number of hydrogen-bond acceptors (Lipinski definition) is 3. The molecule has 5 nitrogen and oxygen atoms in total. The zero-order valence-corrected chi connectivity index (χ0v) is 21.1. The van der Waals surface area contributed by atoms with Gasteiger partial charge < -0.3 is 14.6 Å². The van der Waals surface area contributed by atoms with Gasteiger partial charge >= 0.3 is 5.97 Å². The summed E-state index contributed by atoms with van der Waals surface area (Å²) >= 11 is 0. The highest BCUT2D eigenvalue weighted by Gasteiger charge is 2.35. The fourth-order valence-electron chi connectivity index (χ4n) is 7.24. The third-order valence-electron chi connectivity index (χ3n) is 8.88. The van der Waals surface area contributed by atoms with E-state index >= 15 is 0 Å². The third kappa shape index (κ3) is 3.58. The maximum atomic E-state index is 11.9. The second kappa shape index (κ2) is 9.02. The summed E-state index contributed by atoms with van der Waals surface area (Å²) in [5.41, 5.74) is 8.55. The zero-order chi connectivity index (χ0) is 24.1. The molecule has 1 atom stereocenters. The molecule has 6 rings (SSSR count). The van der Waals surface area contributed by atoms with Gasteiger partial charge in [-0.1, -0.05) is 57.4 Å². The monoisotopic (exact) mass is 471 g/mol. The molecule has 0 bridgehead atoms. The Morgan fingerprint density at radius 2 is 1.80 bits per heavy atom. The molecule has 2 aliphatic heterocycles. The molecule has 2 aromatic carbocycles. The molecule has 35 heavy (non-hydrogen) atoms. The minimum atomic E-state index is -0.848. The summed E-state index contributed by atoms with van der Waals surface area (Å²) in [4.78, 5) is 17.1. The molecular formula is C30H37N3O2. The molecule has 1 fully saturated rings. The Labute approximate surface area is 208 Å². The number of benzene rings is 2. The zero-order valence-electron chi connectivity index (χ0n) is 21.1. The normalized spacial score (nSPS) is 20.1. The highest BCUT2D eigenvalue weighted by molar-refractivity contribution is 6.00. The van der Waals surface area contributed by atoms with Gasteiger partial charge in [0.1, 0.15) is 0 Å². The number of carboxylic acids is 1. The number of anilines is 1. The van der Waals surface area contributed by atoms with Gasteiger partial charge in [0.25, 0.3) is 0 Å². The Kier molecular flexibility index (Phi) is 5.84. The van der Waals surface area contributed by atoms with Crippen LogP contribution in [0, 0.1) is 0 Å². The van der Waals surface area contributed by atoms with Gasteiger partial charge in [-0.3, -0.25) is 4.90 Å². The summed E-state index contributed by atoms with van der Waals surface area (Å²) in [5.74, 6) is -0.303. The van der Waals surface area contributed by atoms with E-state index in [9.17, 15) is 9.90 Å². The minimum Gasteiger partial charge on any atom is -0.478 e. The Morgan fingerprint density at radius 3 is 2.54 bits per heavy atom. The van der Waals surface area contributed by atoms with Crippen molar-refractivity contribution in [2.45, 2.75) is 70.9 Å². The van der Waals surface area contributed by atoms with Gasteiger partial charge in [0.15, 0.2) is 0 Å². The molecule has 0 radical (unpaired) electrons. The molecule has 1 aliphatic carbocycles. The summed E-state index contributed by atoms with van der Waals surface area (Å²) in [6.45, 7) is 9.62. The molecule has 0 unspecified atom stereocenters. The summed E-state index contributed by atoms with van der Waals surface area (Å²) in [5, 5.41) is 11.0. The first-order chi connectivity index (χ1) is 17.1. The number of rotatable bonds is 5. The smallest absolute Gasteiger partial charge is 0.335 e. The highest BCUT2D eigenvalue weighted by Crippen LogP contribution is 2.50. The van der Waals surface area contributed by atoms with Crippen molar-refractivity contribution in [2.75, 3.05) is 31.1 Å². The van der Waals surface area contributed by atoms with Crippen molar-refractivity contribution in [2.24, 2.45) is 0 Å². The van der Waals surface area contributed by atoms with Crippen LogP contribution in [-0.4, -0.2) is 46.7 Å². The van der Waals surface area contributed by atoms with Crippen molar-refractivity contribution in [3.05, 3.63) is 53.1 Å². The number of carbonyl (C=O) groups is 1. The Morgan fingerprint density at radius 1 is 1.00 bits per heavy atom. The van der Waals surface area contributed by atoms with Crippen LogP contribution in [0.15, 0.2) is 36.4 Å². The molecule has 0 spiro atoms. The van der Waals surface area contributed by atoms with Crippen LogP contribution in [0.1, 0.15) is 85.8 Å². The molecule has 1 saturated carbocycles. The van der Waals surface area contributed by atoms with Crippen molar-refractivity contribution >= 4 is 22.6 Å². The molecule has 184 valence electrons. The molecule has 3 aromatic rings. The van der Waals surface area contributed by atoms with E-state index < -0.39 is 5.97 Å². The largest absolute Gasteiger partial charge is 0.478 e. The number of hydrogen-bond donors (Lipinski definition) is 1. The van der Waals surface area contributed by atoms with Crippen LogP contribution >= 0.6 is 0 Å². The van der Waals surface area contributed by atoms with Crippen LogP contribution in [0.5, 0.6) is 0 Å². The highest BCUT2D eigenvalue weighted by atomic mass is 16.4. The maximum absolute atomic E-state index is 11.9. The number of para-hydroxylation sites is 1. The van der Waals surface area contributed by atoms with Crippen molar-refractivity contribution in [3.63, 3.8) is 0 Å². The summed E-state index contributed by atoms with van der Waals surface area (Å²) in [7, 11) is 0. The van der Waals surface area contributed by atoms with Gasteiger partial charge in [0.05, 0.1) is 16.9 Å². The fraction of sp³-hybridized carbons (Fsp3) is 0.500. The van der Waals surface area contributed by atoms with E-state index in [0.717, 1.165) is 44.7 Å². The van der Waals surface area contributed by atoms with Crippen LogP contribution < -0.4 is 4.90 Å². The summed E-state index contributed by atoms with van der Waals surface area (Å²) in [6, 6.07) is 13.2. The SMILES string of the molecule is CCN(CC)[C@@H]1CCN2CCn3c(c(C4CCCCC4)c4ccc(C(=O)O)cc43)-c3cccc1c32. The fourth-order valence-corrected chi connectivity index (χ4v) is 7.24. The van der Waals surface area contributed by atoms with Crippen LogP contribution in [-0.2, 0) is 6.54 Å². The van der Waals surface area contributed by atoms with E-state index in [1.807, 2.05) is 6.07 Å². The molecular weight excluding hydrogens is 434 g/mol. The van der Waals surface area contributed by atoms with E-state index in [0.29, 0.717) is 17.5 Å². The lowest BCUT2D eigenvalue weighted by atomic mass is 9.81. The first kappa shape index (κ1) is 22.7. The van der Waals surface area contributed by atoms with Gasteiger partial charge in [-0.05, 0) is 61.5 Å². The number of aromatic carboxylic acids is 1. The minimum absolute atomic E-state index is 0.383. The quantitative estimate of drug-likeness (QED) is 0.452. The van der Waals surface area contributed by atoms with Gasteiger partial charge in [0.2, 0.25) is 0 Å². The predicted octanol–water partition coefficient (Wildman–Crippen LogP) is 6.66. The van der Waals surface area contributed by atoms with Crippen molar-refractivity contribution in [3.8, 4) is 11.3 Å². The molecule has 0 amide bonds. The van der Waals surface area contributed by atoms with Gasteiger partial charge in [-0.2, -0.15) is 0 Å². The number of carboxylic acid groups (broad SMARTS) is 1. The van der Waals surface area contributed by atoms with Gasteiger partial charge in [-0.25, -0.2) is 4.79 Å². The first-order valence-corrected chi connectivity index (χ1v) is 13.6. The lowest BCUT2D eigenvalue weighted by Crippen LogP contribution is -2.39. The van der Waals surface area contributed by atoms with Crippen LogP contribution in [0.4, 0.5) is 5.69 Å². The summed E-state index contributed by atoms with van der Waals surface area (Å²) in [6.07, 6.45) is 7.52. The molecule has 1 N–H and O–H groups in total. The second-order valence-electron chi connectivity index (χ2n) is 10.5. The average molecular weight is 472 g/mol. The van der Waals surface area contributed by atoms with Crippen LogP contribution in [0.25, 0.3) is 22.2 Å². The van der Waals surface area contributed by atoms with Gasteiger partial charge in [0, 0.05) is 42.1 Å². The first-order valence-electron chi connectivity index (χ1n) is 13.6. The Hall–Kier alpha value is -2.79. The van der Waals surface area contributed by atoms with Crippen molar-refractivity contribution in [1.29, 1.82) is 0 Å². The lowest BCUT2D eigenvalue weighted by molar-refractivity contribution is 0.0697. The maximum Gasteiger partial charge on any atom is 0.335 e. The number of fused-ring (bicyclic) bond motifs is 4.